The number of allylic oxidation sites excluding steroid dienone is 1. The quantitative estimate of drug-likeness (QED) is 0.433. The van der Waals surface area contributed by atoms with Crippen molar-refractivity contribution < 1.29 is 14.3 Å². The molecule has 19 heavy (non-hydrogen) atoms. The zero-order valence-corrected chi connectivity index (χ0v) is 14.6. The highest BCUT2D eigenvalue weighted by Crippen LogP contribution is 2.22. The van der Waals surface area contributed by atoms with Crippen LogP contribution < -0.4 is 0 Å². The lowest BCUT2D eigenvalue weighted by Crippen LogP contribution is -2.49. The number of ether oxygens (including phenoxy) is 2. The van der Waals surface area contributed by atoms with E-state index in [1.807, 2.05) is 33.8 Å². The average molecular weight is 336 g/mol. The molecule has 1 atom stereocenters. The lowest BCUT2D eigenvalue weighted by Gasteiger charge is -2.36. The molecule has 0 heterocycles. The number of hydrogen-bond donors (Lipinski definition) is 0. The van der Waals surface area contributed by atoms with Crippen molar-refractivity contribution in [2.75, 3.05) is 19.5 Å². The zero-order valence-electron chi connectivity index (χ0n) is 13.0. The molecule has 4 nitrogen and oxygen atoms in total. The van der Waals surface area contributed by atoms with Gasteiger partial charge in [-0.25, -0.2) is 4.79 Å². The molecule has 0 aliphatic rings. The second-order valence-corrected chi connectivity index (χ2v) is 6.15. The van der Waals surface area contributed by atoms with Gasteiger partial charge in [0.05, 0.1) is 0 Å². The van der Waals surface area contributed by atoms with Gasteiger partial charge in [0.25, 0.3) is 0 Å². The Hall–Kier alpha value is -0.550. The van der Waals surface area contributed by atoms with Crippen molar-refractivity contribution in [2.45, 2.75) is 52.4 Å². The molecule has 1 unspecified atom stereocenters. The van der Waals surface area contributed by atoms with Crippen LogP contribution in [0.2, 0.25) is 0 Å². The number of methoxy groups -OCH3 is 1. The number of alkyl halides is 1. The predicted octanol–water partition coefficient (Wildman–Crippen LogP) is 3.95. The number of carbonyl (C=O) groups excluding carboxylic acids is 1. The lowest BCUT2D eigenvalue weighted by atomic mass is 10.1. The van der Waals surface area contributed by atoms with E-state index in [4.69, 9.17) is 9.47 Å². The molecule has 0 aromatic rings. The van der Waals surface area contributed by atoms with Crippen LogP contribution in [0.25, 0.3) is 0 Å². The minimum absolute atomic E-state index is 0.405. The molecule has 0 saturated carbocycles. The van der Waals surface area contributed by atoms with Crippen LogP contribution in [0.15, 0.2) is 11.6 Å². The van der Waals surface area contributed by atoms with Crippen molar-refractivity contribution in [1.29, 1.82) is 0 Å². The van der Waals surface area contributed by atoms with Gasteiger partial charge in [-0.15, -0.1) is 0 Å². The number of rotatable bonds is 5. The highest BCUT2D eigenvalue weighted by molar-refractivity contribution is 9.09. The average Bonchev–Trinajstić information content (AvgIpc) is 2.32. The normalized spacial score (nSPS) is 15.9. The molecule has 112 valence electrons. The maximum absolute atomic E-state index is 12.1. The highest BCUT2D eigenvalue weighted by atomic mass is 79.9. The minimum atomic E-state index is -0.818. The summed E-state index contributed by atoms with van der Waals surface area (Å²) in [5.74, 6) is 0. The molecule has 0 rings (SSSR count). The van der Waals surface area contributed by atoms with Gasteiger partial charge < -0.3 is 9.47 Å². The van der Waals surface area contributed by atoms with Crippen LogP contribution in [-0.2, 0) is 9.47 Å². The molecule has 0 N–H and O–H groups in total. The van der Waals surface area contributed by atoms with Crippen LogP contribution in [-0.4, -0.2) is 41.8 Å². The number of amides is 1. The van der Waals surface area contributed by atoms with E-state index in [0.29, 0.717) is 0 Å². The van der Waals surface area contributed by atoms with Crippen LogP contribution >= 0.6 is 15.9 Å². The summed E-state index contributed by atoms with van der Waals surface area (Å²) in [5.41, 5.74) is -0.173. The summed E-state index contributed by atoms with van der Waals surface area (Å²) in [6.45, 7) is 9.43. The summed E-state index contributed by atoms with van der Waals surface area (Å²) in [6, 6.07) is 0. The predicted molar refractivity (Wildman–Crippen MR) is 81.6 cm³/mol. The van der Waals surface area contributed by atoms with E-state index in [0.717, 1.165) is 11.8 Å². The summed E-state index contributed by atoms with van der Waals surface area (Å²) in [7, 11) is 3.26. The molecule has 0 aromatic heterocycles. The van der Waals surface area contributed by atoms with E-state index in [9.17, 15) is 4.79 Å². The fraction of sp³-hybridized carbons (Fsp3) is 0.786. The first-order chi connectivity index (χ1) is 8.59. The van der Waals surface area contributed by atoms with E-state index in [1.165, 1.54) is 10.5 Å². The van der Waals surface area contributed by atoms with Crippen molar-refractivity contribution in [3.05, 3.63) is 11.6 Å². The molecule has 0 aliphatic heterocycles. The molecule has 0 saturated heterocycles. The molecule has 0 radical (unpaired) electrons. The first-order valence-electron chi connectivity index (χ1n) is 6.38. The van der Waals surface area contributed by atoms with Gasteiger partial charge in [0.15, 0.2) is 5.72 Å². The number of nitrogens with zero attached hydrogens (tertiary/aromatic N) is 1. The molecule has 0 bridgehead atoms. The molecule has 5 heteroatoms. The van der Waals surface area contributed by atoms with Crippen molar-refractivity contribution >= 4 is 22.0 Å². The number of hydrogen-bond acceptors (Lipinski definition) is 3. The van der Waals surface area contributed by atoms with Gasteiger partial charge >= 0.3 is 6.09 Å². The Morgan fingerprint density at radius 1 is 1.32 bits per heavy atom. The summed E-state index contributed by atoms with van der Waals surface area (Å²) < 4.78 is 10.9. The third-order valence-electron chi connectivity index (χ3n) is 2.84. The van der Waals surface area contributed by atoms with E-state index < -0.39 is 17.4 Å². The van der Waals surface area contributed by atoms with Crippen LogP contribution in [0.4, 0.5) is 4.79 Å². The van der Waals surface area contributed by atoms with E-state index in [1.54, 1.807) is 14.2 Å². The Kier molecular flexibility index (Phi) is 7.08. The number of halogens is 1. The van der Waals surface area contributed by atoms with Crippen LogP contribution in [0.5, 0.6) is 0 Å². The molecular formula is C14H26BrNO3. The topological polar surface area (TPSA) is 38.8 Å². The van der Waals surface area contributed by atoms with Gasteiger partial charge in [0, 0.05) is 19.5 Å². The van der Waals surface area contributed by atoms with Crippen molar-refractivity contribution in [1.82, 2.24) is 4.90 Å². The molecule has 0 aromatic carbocycles. The Bertz CT molecular complexity index is 330. The molecule has 0 fully saturated rings. The summed E-state index contributed by atoms with van der Waals surface area (Å²) in [4.78, 5) is 13.6. The molecule has 1 amide bonds. The summed E-state index contributed by atoms with van der Waals surface area (Å²) in [5, 5.41) is 0.755. The maximum atomic E-state index is 12.1. The minimum Gasteiger partial charge on any atom is -0.444 e. The maximum Gasteiger partial charge on any atom is 0.412 e. The standard InChI is InChI=1S/C14H26BrNO3/c1-8-11(10-15)9-14(5,18-7)16(6)12(17)19-13(2,3)4/h9H,8,10H2,1-7H3/b11-9+. The second kappa shape index (κ2) is 7.29. The smallest absolute Gasteiger partial charge is 0.412 e. The lowest BCUT2D eigenvalue weighted by molar-refractivity contribution is -0.0773. The fourth-order valence-corrected chi connectivity index (χ4v) is 1.98. The van der Waals surface area contributed by atoms with Gasteiger partial charge in [-0.1, -0.05) is 28.4 Å². The van der Waals surface area contributed by atoms with Crippen LogP contribution in [0, 0.1) is 0 Å². The van der Waals surface area contributed by atoms with Crippen LogP contribution in [0.1, 0.15) is 41.0 Å². The first kappa shape index (κ1) is 18.4. The zero-order chi connectivity index (χ0) is 15.3. The molecule has 0 aliphatic carbocycles. The highest BCUT2D eigenvalue weighted by Gasteiger charge is 2.33. The Balaban J connectivity index is 5.12. The van der Waals surface area contributed by atoms with Crippen molar-refractivity contribution in [2.24, 2.45) is 0 Å². The summed E-state index contributed by atoms with van der Waals surface area (Å²) in [6.07, 6.45) is 2.44. The Labute approximate surface area is 125 Å². The van der Waals surface area contributed by atoms with E-state index >= 15 is 0 Å². The first-order valence-corrected chi connectivity index (χ1v) is 7.50. The Morgan fingerprint density at radius 2 is 1.84 bits per heavy atom. The van der Waals surface area contributed by atoms with E-state index in [2.05, 4.69) is 22.9 Å². The number of likely N-dealkylation sites (N-methyl/N-ethyl adjacent to an activating group) is 1. The monoisotopic (exact) mass is 335 g/mol. The third-order valence-corrected chi connectivity index (χ3v) is 3.56. The van der Waals surface area contributed by atoms with Crippen molar-refractivity contribution in [3.8, 4) is 0 Å². The van der Waals surface area contributed by atoms with Gasteiger partial charge in [0.1, 0.15) is 5.60 Å². The molecule has 0 spiro atoms. The number of carbonyl (C=O) groups is 1. The van der Waals surface area contributed by atoms with Crippen LogP contribution in [0.3, 0.4) is 0 Å². The Morgan fingerprint density at radius 3 is 2.16 bits per heavy atom. The fourth-order valence-electron chi connectivity index (χ4n) is 1.42. The van der Waals surface area contributed by atoms with Gasteiger partial charge in [0.2, 0.25) is 0 Å². The van der Waals surface area contributed by atoms with Gasteiger partial charge in [-0.05, 0) is 40.2 Å². The third kappa shape index (κ3) is 5.95. The largest absolute Gasteiger partial charge is 0.444 e. The van der Waals surface area contributed by atoms with Gasteiger partial charge in [-0.2, -0.15) is 0 Å². The van der Waals surface area contributed by atoms with Gasteiger partial charge in [-0.3, -0.25) is 4.90 Å². The summed E-state index contributed by atoms with van der Waals surface area (Å²) >= 11 is 3.43. The van der Waals surface area contributed by atoms with E-state index in [-0.39, 0.29) is 0 Å². The van der Waals surface area contributed by atoms with Crippen molar-refractivity contribution in [3.63, 3.8) is 0 Å². The molecular weight excluding hydrogens is 310 g/mol. The SMILES string of the molecule is CC/C(=C\C(C)(OC)N(C)C(=O)OC(C)(C)C)CBr. The second-order valence-electron chi connectivity index (χ2n) is 5.59.